The monoisotopic (exact) mass is 550 g/mol. The SMILES string of the molecule is CC(=O)Oc1cccc2c1C(=O)C1CC=C3C[C@@](C)([Si](C)(C)c4ccccc4)CCC3C1(Br)C2=O. The molecule has 0 aliphatic heterocycles. The lowest BCUT2D eigenvalue weighted by molar-refractivity contribution is -0.131. The highest BCUT2D eigenvalue weighted by atomic mass is 79.9. The molecule has 1 saturated carbocycles. The van der Waals surface area contributed by atoms with Gasteiger partial charge in [0.25, 0.3) is 0 Å². The number of rotatable bonds is 3. The zero-order chi connectivity index (χ0) is 25.2. The molecule has 182 valence electrons. The number of hydrogen-bond donors (Lipinski definition) is 0. The molecule has 35 heavy (non-hydrogen) atoms. The summed E-state index contributed by atoms with van der Waals surface area (Å²) in [5.41, 5.74) is 1.92. The number of carbonyl (C=O) groups excluding carboxylic acids is 3. The summed E-state index contributed by atoms with van der Waals surface area (Å²) in [4.78, 5) is 39.4. The summed E-state index contributed by atoms with van der Waals surface area (Å²) in [7, 11) is -1.81. The molecular formula is C29H31BrO4Si. The van der Waals surface area contributed by atoms with Crippen LogP contribution in [0.4, 0.5) is 0 Å². The summed E-state index contributed by atoms with van der Waals surface area (Å²) in [5.74, 6) is -1.02. The minimum Gasteiger partial charge on any atom is -0.426 e. The van der Waals surface area contributed by atoms with E-state index in [1.807, 2.05) is 0 Å². The molecule has 3 unspecified atom stereocenters. The van der Waals surface area contributed by atoms with Crippen molar-refractivity contribution in [1.29, 1.82) is 0 Å². The predicted octanol–water partition coefficient (Wildman–Crippen LogP) is 6.25. The van der Waals surface area contributed by atoms with Crippen molar-refractivity contribution in [2.75, 3.05) is 0 Å². The number of carbonyl (C=O) groups is 3. The van der Waals surface area contributed by atoms with E-state index in [4.69, 9.17) is 4.74 Å². The normalized spacial score (nSPS) is 30.0. The van der Waals surface area contributed by atoms with Gasteiger partial charge in [-0.3, -0.25) is 14.4 Å². The third-order valence-electron chi connectivity index (χ3n) is 9.10. The first-order valence-electron chi connectivity index (χ1n) is 12.3. The van der Waals surface area contributed by atoms with Crippen molar-refractivity contribution in [3.63, 3.8) is 0 Å². The lowest BCUT2D eigenvalue weighted by atomic mass is 9.58. The smallest absolute Gasteiger partial charge is 0.308 e. The van der Waals surface area contributed by atoms with Crippen molar-refractivity contribution in [2.24, 2.45) is 11.8 Å². The summed E-state index contributed by atoms with van der Waals surface area (Å²) in [6, 6.07) is 15.8. The molecule has 0 radical (unpaired) electrons. The average molecular weight is 552 g/mol. The van der Waals surface area contributed by atoms with Crippen LogP contribution in [0.5, 0.6) is 5.75 Å². The molecule has 0 N–H and O–H groups in total. The van der Waals surface area contributed by atoms with Gasteiger partial charge in [-0.2, -0.15) is 0 Å². The van der Waals surface area contributed by atoms with Crippen molar-refractivity contribution in [2.45, 2.75) is 62.0 Å². The van der Waals surface area contributed by atoms with Crippen LogP contribution >= 0.6 is 15.9 Å². The first-order chi connectivity index (χ1) is 16.5. The van der Waals surface area contributed by atoms with E-state index in [-0.39, 0.29) is 33.8 Å². The number of esters is 1. The van der Waals surface area contributed by atoms with Gasteiger partial charge in [0, 0.05) is 24.3 Å². The molecule has 0 spiro atoms. The molecule has 4 atom stereocenters. The summed E-state index contributed by atoms with van der Waals surface area (Å²) in [6.07, 6.45) is 5.58. The lowest BCUT2D eigenvalue weighted by Crippen LogP contribution is -2.59. The molecule has 6 heteroatoms. The highest BCUT2D eigenvalue weighted by Gasteiger charge is 2.61. The fraction of sp³-hybridized carbons (Fsp3) is 0.414. The van der Waals surface area contributed by atoms with E-state index in [2.05, 4.69) is 72.4 Å². The maximum atomic E-state index is 14.0. The lowest BCUT2D eigenvalue weighted by Gasteiger charge is -2.54. The zero-order valence-corrected chi connectivity index (χ0v) is 23.3. The first kappa shape index (κ1) is 24.4. The van der Waals surface area contributed by atoms with Gasteiger partial charge in [-0.1, -0.05) is 95.2 Å². The molecular weight excluding hydrogens is 520 g/mol. The molecule has 0 aromatic heterocycles. The number of benzene rings is 2. The highest BCUT2D eigenvalue weighted by Crippen LogP contribution is 2.61. The molecule has 3 aliphatic carbocycles. The average Bonchev–Trinajstić information content (AvgIpc) is 2.82. The van der Waals surface area contributed by atoms with Crippen LogP contribution in [0.3, 0.4) is 0 Å². The van der Waals surface area contributed by atoms with Crippen molar-refractivity contribution in [3.05, 3.63) is 71.3 Å². The van der Waals surface area contributed by atoms with Gasteiger partial charge in [0.2, 0.25) is 0 Å². The number of fused-ring (bicyclic) bond motifs is 4. The van der Waals surface area contributed by atoms with E-state index in [0.717, 1.165) is 19.3 Å². The summed E-state index contributed by atoms with van der Waals surface area (Å²) in [5, 5.41) is 1.62. The van der Waals surface area contributed by atoms with Gasteiger partial charge in [-0.25, -0.2) is 0 Å². The Kier molecular flexibility index (Phi) is 5.84. The molecule has 0 amide bonds. The van der Waals surface area contributed by atoms with Crippen LogP contribution < -0.4 is 9.92 Å². The molecule has 0 heterocycles. The zero-order valence-electron chi connectivity index (χ0n) is 20.7. The van der Waals surface area contributed by atoms with E-state index in [0.29, 0.717) is 12.0 Å². The largest absolute Gasteiger partial charge is 0.426 e. The number of alkyl halides is 1. The van der Waals surface area contributed by atoms with Crippen molar-refractivity contribution in [3.8, 4) is 5.75 Å². The minimum absolute atomic E-state index is 0.0168. The van der Waals surface area contributed by atoms with Crippen LogP contribution in [0.1, 0.15) is 60.2 Å². The third-order valence-corrected chi connectivity index (χ3v) is 15.8. The van der Waals surface area contributed by atoms with Gasteiger partial charge in [0.1, 0.15) is 10.1 Å². The maximum absolute atomic E-state index is 14.0. The van der Waals surface area contributed by atoms with Crippen molar-refractivity contribution < 1.29 is 19.1 Å². The molecule has 5 rings (SSSR count). The summed E-state index contributed by atoms with van der Waals surface area (Å²) < 4.78 is 4.37. The molecule has 1 fully saturated rings. The molecule has 2 aromatic carbocycles. The predicted molar refractivity (Wildman–Crippen MR) is 144 cm³/mol. The number of ketones is 2. The second-order valence-electron chi connectivity index (χ2n) is 11.1. The van der Waals surface area contributed by atoms with Gasteiger partial charge >= 0.3 is 5.97 Å². The van der Waals surface area contributed by atoms with Gasteiger partial charge in [-0.05, 0) is 36.8 Å². The Morgan fingerprint density at radius 2 is 1.77 bits per heavy atom. The number of halogens is 1. The topological polar surface area (TPSA) is 60.4 Å². The van der Waals surface area contributed by atoms with E-state index < -0.39 is 24.3 Å². The van der Waals surface area contributed by atoms with Gasteiger partial charge in [0.15, 0.2) is 11.6 Å². The molecule has 2 aromatic rings. The van der Waals surface area contributed by atoms with Gasteiger partial charge in [-0.15, -0.1) is 0 Å². The quantitative estimate of drug-likeness (QED) is 0.149. The molecule has 0 bridgehead atoms. The highest BCUT2D eigenvalue weighted by molar-refractivity contribution is 9.10. The standard InChI is InChI=1S/C29H31BrO4Si/c1-18(31)34-24-12-8-11-21-25(24)26(32)23-14-13-19-17-28(2,16-15-22(19)29(23,30)27(21)33)35(3,4)20-9-6-5-7-10-20/h5-13,22-23H,14-17H2,1-4H3/t22?,23?,28-,29?/m0/s1. The summed E-state index contributed by atoms with van der Waals surface area (Å²) >= 11 is 3.89. The van der Waals surface area contributed by atoms with Crippen LogP contribution in [-0.4, -0.2) is 29.9 Å². The molecule has 3 aliphatic rings. The molecule has 0 saturated heterocycles. The van der Waals surface area contributed by atoms with Gasteiger partial charge in [0.05, 0.1) is 13.6 Å². The van der Waals surface area contributed by atoms with Crippen molar-refractivity contribution >= 4 is 46.7 Å². The Morgan fingerprint density at radius 1 is 1.06 bits per heavy atom. The van der Waals surface area contributed by atoms with E-state index >= 15 is 0 Å². The number of allylic oxidation sites excluding steroid dienone is 2. The Morgan fingerprint density at radius 3 is 2.46 bits per heavy atom. The van der Waals surface area contributed by atoms with Crippen LogP contribution in [0, 0.1) is 11.8 Å². The Labute approximate surface area is 216 Å². The second kappa shape index (κ2) is 8.38. The number of ether oxygens (including phenoxy) is 1. The first-order valence-corrected chi connectivity index (χ1v) is 16.1. The van der Waals surface area contributed by atoms with Crippen LogP contribution in [0.15, 0.2) is 60.2 Å². The maximum Gasteiger partial charge on any atom is 0.308 e. The van der Waals surface area contributed by atoms with Crippen LogP contribution in [0.25, 0.3) is 0 Å². The fourth-order valence-corrected chi connectivity index (χ4v) is 10.9. The van der Waals surface area contributed by atoms with E-state index in [9.17, 15) is 14.4 Å². The third kappa shape index (κ3) is 3.55. The Balaban J connectivity index is 1.53. The fourth-order valence-electron chi connectivity index (χ4n) is 6.63. The van der Waals surface area contributed by atoms with Crippen LogP contribution in [-0.2, 0) is 4.79 Å². The van der Waals surface area contributed by atoms with E-state index in [1.165, 1.54) is 17.7 Å². The van der Waals surface area contributed by atoms with Gasteiger partial charge < -0.3 is 4.74 Å². The molecule has 4 nitrogen and oxygen atoms in total. The minimum atomic E-state index is -1.81. The Hall–Kier alpha value is -2.31. The second-order valence-corrected chi connectivity index (χ2v) is 17.5. The van der Waals surface area contributed by atoms with E-state index in [1.54, 1.807) is 18.2 Å². The number of Topliss-reactive ketones (excluding diaryl/α,β-unsaturated/α-hetero) is 2. The summed E-state index contributed by atoms with van der Waals surface area (Å²) in [6.45, 7) is 8.64. The number of hydrogen-bond acceptors (Lipinski definition) is 4. The van der Waals surface area contributed by atoms with Crippen LogP contribution in [0.2, 0.25) is 18.1 Å². The Bertz CT molecular complexity index is 1270. The van der Waals surface area contributed by atoms with Crippen molar-refractivity contribution in [1.82, 2.24) is 0 Å².